The molecule has 0 spiro atoms. The van der Waals surface area contributed by atoms with Crippen LogP contribution in [0.25, 0.3) is 0 Å². The molecule has 1 atom stereocenters. The van der Waals surface area contributed by atoms with Crippen LogP contribution in [0.15, 0.2) is 54.6 Å². The van der Waals surface area contributed by atoms with Gasteiger partial charge in [0.05, 0.1) is 16.4 Å². The molecule has 3 aromatic rings. The molecule has 3 amide bonds. The summed E-state index contributed by atoms with van der Waals surface area (Å²) in [6.07, 6.45) is 0.584. The fourth-order valence-corrected chi connectivity index (χ4v) is 4.63. The van der Waals surface area contributed by atoms with Crippen LogP contribution in [0.5, 0.6) is 0 Å². The first kappa shape index (κ1) is 23.5. The number of anilines is 1. The summed E-state index contributed by atoms with van der Waals surface area (Å²) < 4.78 is 0. The molecule has 3 rings (SSSR count). The number of halogens is 1. The summed E-state index contributed by atoms with van der Waals surface area (Å²) in [4.78, 5) is 38.2. The van der Waals surface area contributed by atoms with E-state index in [0.29, 0.717) is 22.0 Å². The topological polar surface area (TPSA) is 101 Å². The highest BCUT2D eigenvalue weighted by Gasteiger charge is 2.27. The van der Waals surface area contributed by atoms with Crippen molar-refractivity contribution in [2.45, 2.75) is 32.7 Å². The van der Waals surface area contributed by atoms with Crippen LogP contribution < -0.4 is 16.4 Å². The maximum absolute atomic E-state index is 13.1. The average Bonchev–Trinajstić information content (AvgIpc) is 3.10. The van der Waals surface area contributed by atoms with Crippen LogP contribution in [0.3, 0.4) is 0 Å². The van der Waals surface area contributed by atoms with Crippen molar-refractivity contribution in [3.8, 4) is 0 Å². The number of hydrogen-bond acceptors (Lipinski definition) is 4. The van der Waals surface area contributed by atoms with Crippen LogP contribution in [0.2, 0.25) is 5.02 Å². The van der Waals surface area contributed by atoms with E-state index in [1.165, 1.54) is 0 Å². The van der Waals surface area contributed by atoms with E-state index in [9.17, 15) is 14.4 Å². The number of hydrogen-bond donors (Lipinski definition) is 3. The Hall–Kier alpha value is -3.16. The van der Waals surface area contributed by atoms with Crippen LogP contribution in [-0.4, -0.2) is 17.7 Å². The molecule has 0 aliphatic heterocycles. The lowest BCUT2D eigenvalue weighted by Gasteiger charge is -2.15. The van der Waals surface area contributed by atoms with E-state index in [1.807, 2.05) is 49.4 Å². The van der Waals surface area contributed by atoms with Crippen molar-refractivity contribution in [2.75, 3.05) is 5.32 Å². The lowest BCUT2D eigenvalue weighted by molar-refractivity contribution is -0.117. The summed E-state index contributed by atoms with van der Waals surface area (Å²) in [6, 6.07) is 16.5. The molecule has 0 bridgehead atoms. The predicted octanol–water partition coefficient (Wildman–Crippen LogP) is 4.87. The van der Waals surface area contributed by atoms with Crippen molar-refractivity contribution in [1.82, 2.24) is 5.32 Å². The molecule has 0 saturated carbocycles. The molecular formula is C24H24ClN3O3S. The number of primary amides is 1. The van der Waals surface area contributed by atoms with Gasteiger partial charge in [-0.2, -0.15) is 0 Å². The highest BCUT2D eigenvalue weighted by molar-refractivity contribution is 7.18. The van der Waals surface area contributed by atoms with Crippen LogP contribution in [-0.2, 0) is 11.3 Å². The number of carbonyl (C=O) groups is 3. The minimum Gasteiger partial charge on any atom is -0.365 e. The molecule has 0 fully saturated rings. The van der Waals surface area contributed by atoms with E-state index in [-0.39, 0.29) is 28.8 Å². The molecule has 1 aromatic heterocycles. The highest BCUT2D eigenvalue weighted by atomic mass is 35.5. The Bertz CT molecular complexity index is 1130. The molecule has 2 aromatic carbocycles. The Balaban J connectivity index is 1.86. The number of rotatable bonds is 8. The number of benzene rings is 2. The molecule has 1 heterocycles. The molecule has 0 aliphatic carbocycles. The van der Waals surface area contributed by atoms with Gasteiger partial charge in [-0.1, -0.05) is 61.0 Å². The summed E-state index contributed by atoms with van der Waals surface area (Å²) in [5.41, 5.74) is 7.93. The normalized spacial score (nSPS) is 11.6. The zero-order valence-electron chi connectivity index (χ0n) is 17.8. The number of nitrogens with one attached hydrogen (secondary N) is 2. The molecule has 8 heteroatoms. The first-order valence-electron chi connectivity index (χ1n) is 10.1. The van der Waals surface area contributed by atoms with Gasteiger partial charge in [0.15, 0.2) is 0 Å². The third kappa shape index (κ3) is 5.36. The third-order valence-electron chi connectivity index (χ3n) is 5.13. The van der Waals surface area contributed by atoms with Gasteiger partial charge in [0.2, 0.25) is 5.91 Å². The van der Waals surface area contributed by atoms with E-state index in [2.05, 4.69) is 10.6 Å². The van der Waals surface area contributed by atoms with Gasteiger partial charge in [-0.05, 0) is 42.2 Å². The van der Waals surface area contributed by atoms with Crippen LogP contribution in [0.4, 0.5) is 5.00 Å². The second-order valence-electron chi connectivity index (χ2n) is 7.29. The zero-order chi connectivity index (χ0) is 23.3. The van der Waals surface area contributed by atoms with Gasteiger partial charge in [-0.25, -0.2) is 0 Å². The molecule has 32 heavy (non-hydrogen) atoms. The Morgan fingerprint density at radius 1 is 1.06 bits per heavy atom. The second kappa shape index (κ2) is 10.4. The van der Waals surface area contributed by atoms with Gasteiger partial charge in [-0.15, -0.1) is 11.3 Å². The first-order chi connectivity index (χ1) is 15.3. The number of carbonyl (C=O) groups excluding carboxylic acids is 3. The van der Waals surface area contributed by atoms with Crippen molar-refractivity contribution < 1.29 is 14.4 Å². The summed E-state index contributed by atoms with van der Waals surface area (Å²) in [6.45, 7) is 3.84. The van der Waals surface area contributed by atoms with E-state index in [1.54, 1.807) is 19.1 Å². The Labute approximate surface area is 195 Å². The second-order valence-corrected chi connectivity index (χ2v) is 8.75. The van der Waals surface area contributed by atoms with Crippen molar-refractivity contribution >= 4 is 45.7 Å². The summed E-state index contributed by atoms with van der Waals surface area (Å²) in [5.74, 6) is -1.68. The van der Waals surface area contributed by atoms with Gasteiger partial charge < -0.3 is 16.4 Å². The third-order valence-corrected chi connectivity index (χ3v) is 6.60. The minimum atomic E-state index is -0.644. The van der Waals surface area contributed by atoms with Crippen LogP contribution in [0.1, 0.15) is 56.0 Å². The first-order valence-corrected chi connectivity index (χ1v) is 11.3. The molecule has 0 aliphatic rings. The van der Waals surface area contributed by atoms with Crippen molar-refractivity contribution in [3.05, 3.63) is 86.8 Å². The van der Waals surface area contributed by atoms with Crippen molar-refractivity contribution in [2.24, 2.45) is 5.73 Å². The molecule has 0 saturated heterocycles. The van der Waals surface area contributed by atoms with Gasteiger partial charge in [-0.3, -0.25) is 14.4 Å². The zero-order valence-corrected chi connectivity index (χ0v) is 19.3. The van der Waals surface area contributed by atoms with Gasteiger partial charge >= 0.3 is 0 Å². The quantitative estimate of drug-likeness (QED) is 0.438. The average molecular weight is 470 g/mol. The van der Waals surface area contributed by atoms with E-state index in [4.69, 9.17) is 17.3 Å². The lowest BCUT2D eigenvalue weighted by atomic mass is 9.95. The molecule has 4 N–H and O–H groups in total. The maximum atomic E-state index is 13.1. The Morgan fingerprint density at radius 3 is 2.31 bits per heavy atom. The number of amides is 3. The van der Waals surface area contributed by atoms with E-state index >= 15 is 0 Å². The van der Waals surface area contributed by atoms with Gasteiger partial charge in [0.25, 0.3) is 11.8 Å². The Morgan fingerprint density at radius 2 is 1.72 bits per heavy atom. The van der Waals surface area contributed by atoms with Crippen LogP contribution in [0, 0.1) is 6.92 Å². The summed E-state index contributed by atoms with van der Waals surface area (Å²) >= 11 is 6.92. The van der Waals surface area contributed by atoms with Crippen molar-refractivity contribution in [1.29, 1.82) is 0 Å². The maximum Gasteiger partial charge on any atom is 0.259 e. The molecule has 1 unspecified atom stereocenters. The number of nitrogens with two attached hydrogens (primary N) is 1. The molecule has 0 radical (unpaired) electrons. The smallest absolute Gasteiger partial charge is 0.259 e. The summed E-state index contributed by atoms with van der Waals surface area (Å²) in [7, 11) is 0. The van der Waals surface area contributed by atoms with Gasteiger partial charge in [0, 0.05) is 11.6 Å². The summed E-state index contributed by atoms with van der Waals surface area (Å²) in [5, 5.41) is 6.61. The monoisotopic (exact) mass is 469 g/mol. The highest BCUT2D eigenvalue weighted by Crippen LogP contribution is 2.34. The molecule has 166 valence electrons. The molecular weight excluding hydrogens is 446 g/mol. The van der Waals surface area contributed by atoms with E-state index in [0.717, 1.165) is 22.5 Å². The van der Waals surface area contributed by atoms with E-state index < -0.39 is 11.8 Å². The standard InChI is InChI=1S/C24H24ClN3O3S/c1-3-18(16-7-5-4-6-8-16)22(30)28-24-19(14(2)20(32-24)21(26)29)23(31)27-13-15-9-11-17(25)12-10-15/h4-12,18H,3,13H2,1-2H3,(H2,26,29)(H,27,31)(H,28,30). The molecule has 6 nitrogen and oxygen atoms in total. The fraction of sp³-hybridized carbons (Fsp3) is 0.208. The van der Waals surface area contributed by atoms with Crippen molar-refractivity contribution in [3.63, 3.8) is 0 Å². The Kier molecular flexibility index (Phi) is 7.66. The SMILES string of the molecule is CCC(C(=O)Nc1sc(C(N)=O)c(C)c1C(=O)NCc1ccc(Cl)cc1)c1ccccc1. The largest absolute Gasteiger partial charge is 0.365 e. The van der Waals surface area contributed by atoms with Gasteiger partial charge in [0.1, 0.15) is 5.00 Å². The van der Waals surface area contributed by atoms with Crippen LogP contribution >= 0.6 is 22.9 Å². The minimum absolute atomic E-state index is 0.240. The lowest BCUT2D eigenvalue weighted by Crippen LogP contribution is -2.26. The fourth-order valence-electron chi connectivity index (χ4n) is 3.44. The number of thiophene rings is 1. The predicted molar refractivity (Wildman–Crippen MR) is 128 cm³/mol.